The van der Waals surface area contributed by atoms with Gasteiger partial charge in [-0.15, -0.1) is 0 Å². The summed E-state index contributed by atoms with van der Waals surface area (Å²) in [5, 5.41) is 0. The van der Waals surface area contributed by atoms with Gasteiger partial charge >= 0.3 is 0 Å². The van der Waals surface area contributed by atoms with E-state index in [1.165, 1.54) is 11.1 Å². The van der Waals surface area contributed by atoms with Crippen molar-refractivity contribution in [3.63, 3.8) is 0 Å². The van der Waals surface area contributed by atoms with Gasteiger partial charge in [-0.25, -0.2) is 0 Å². The molecule has 1 aliphatic rings. The Morgan fingerprint density at radius 2 is 1.57 bits per heavy atom. The van der Waals surface area contributed by atoms with Crippen molar-refractivity contribution >= 4 is 11.6 Å². The first kappa shape index (κ1) is 15.6. The zero-order valence-electron chi connectivity index (χ0n) is 13.7. The maximum Gasteiger partial charge on any atom is 0.227 e. The van der Waals surface area contributed by atoms with E-state index in [0.29, 0.717) is 19.0 Å². The van der Waals surface area contributed by atoms with E-state index in [9.17, 15) is 4.79 Å². The number of benzene rings is 2. The van der Waals surface area contributed by atoms with Gasteiger partial charge in [-0.1, -0.05) is 43.3 Å². The number of nitrogens with zero attached hydrogens (tertiary/aromatic N) is 1. The second-order valence-electron chi connectivity index (χ2n) is 6.34. The van der Waals surface area contributed by atoms with Crippen LogP contribution in [0.4, 0.5) is 5.69 Å². The van der Waals surface area contributed by atoms with Gasteiger partial charge < -0.3 is 10.6 Å². The van der Waals surface area contributed by atoms with Gasteiger partial charge in [0.1, 0.15) is 0 Å². The molecule has 0 saturated heterocycles. The topological polar surface area (TPSA) is 46.3 Å². The number of hydrogen-bond donors (Lipinski definition) is 1. The second-order valence-corrected chi connectivity index (χ2v) is 6.34. The normalized spacial score (nSPS) is 13.8. The van der Waals surface area contributed by atoms with Gasteiger partial charge in [0, 0.05) is 18.3 Å². The summed E-state index contributed by atoms with van der Waals surface area (Å²) in [5.41, 5.74) is 10.0. The van der Waals surface area contributed by atoms with Crippen LogP contribution in [0.2, 0.25) is 0 Å². The van der Waals surface area contributed by atoms with Crippen molar-refractivity contribution in [1.29, 1.82) is 0 Å². The van der Waals surface area contributed by atoms with Crippen molar-refractivity contribution in [3.8, 4) is 0 Å². The molecule has 1 saturated carbocycles. The Kier molecular flexibility index (Phi) is 4.65. The van der Waals surface area contributed by atoms with Crippen LogP contribution in [-0.4, -0.2) is 16.8 Å². The molecule has 1 fully saturated rings. The highest BCUT2D eigenvalue weighted by molar-refractivity contribution is 5.79. The summed E-state index contributed by atoms with van der Waals surface area (Å²) in [4.78, 5) is 14.7. The van der Waals surface area contributed by atoms with Crippen LogP contribution in [0.15, 0.2) is 48.5 Å². The first-order valence-corrected chi connectivity index (χ1v) is 8.37. The van der Waals surface area contributed by atoms with E-state index < -0.39 is 0 Å². The first-order valence-electron chi connectivity index (χ1n) is 8.37. The van der Waals surface area contributed by atoms with Crippen LogP contribution >= 0.6 is 0 Å². The second kappa shape index (κ2) is 6.86. The van der Waals surface area contributed by atoms with Crippen molar-refractivity contribution in [3.05, 3.63) is 65.2 Å². The molecule has 0 unspecified atom stereocenters. The lowest BCUT2D eigenvalue weighted by atomic mass is 10.1. The molecule has 3 heteroatoms. The molecule has 2 aromatic rings. The Bertz CT molecular complexity index is 657. The molecule has 2 aromatic carbocycles. The summed E-state index contributed by atoms with van der Waals surface area (Å²) in [5.74, 6) is 0.205. The van der Waals surface area contributed by atoms with Gasteiger partial charge in [0.05, 0.1) is 6.42 Å². The van der Waals surface area contributed by atoms with E-state index in [0.717, 1.165) is 30.5 Å². The number of rotatable bonds is 6. The summed E-state index contributed by atoms with van der Waals surface area (Å²) in [6, 6.07) is 16.6. The van der Waals surface area contributed by atoms with E-state index in [1.54, 1.807) is 0 Å². The zero-order chi connectivity index (χ0) is 16.2. The van der Waals surface area contributed by atoms with E-state index in [-0.39, 0.29) is 5.91 Å². The molecule has 0 radical (unpaired) electrons. The van der Waals surface area contributed by atoms with Crippen LogP contribution in [-0.2, 0) is 24.2 Å². The predicted molar refractivity (Wildman–Crippen MR) is 94.0 cm³/mol. The average Bonchev–Trinajstić information content (AvgIpc) is 3.40. The fourth-order valence-electron chi connectivity index (χ4n) is 2.80. The fraction of sp³-hybridized carbons (Fsp3) is 0.350. The van der Waals surface area contributed by atoms with E-state index in [4.69, 9.17) is 5.73 Å². The quantitative estimate of drug-likeness (QED) is 0.829. The SMILES string of the molecule is CCc1ccc(CN(C(=O)Cc2ccc(N)cc2)C2CC2)cc1. The smallest absolute Gasteiger partial charge is 0.227 e. The van der Waals surface area contributed by atoms with Gasteiger partial charge in [-0.05, 0) is 48.1 Å². The zero-order valence-corrected chi connectivity index (χ0v) is 13.7. The minimum atomic E-state index is 0.205. The number of anilines is 1. The van der Waals surface area contributed by atoms with Crippen molar-refractivity contribution in [2.75, 3.05) is 5.73 Å². The number of nitrogens with two attached hydrogens (primary N) is 1. The molecule has 1 aliphatic carbocycles. The van der Waals surface area contributed by atoms with E-state index in [2.05, 4.69) is 31.2 Å². The molecule has 2 N–H and O–H groups in total. The molecule has 0 aromatic heterocycles. The monoisotopic (exact) mass is 308 g/mol. The Morgan fingerprint density at radius 1 is 1.00 bits per heavy atom. The Balaban J connectivity index is 1.67. The molecule has 1 amide bonds. The molecule has 0 atom stereocenters. The molecule has 0 heterocycles. The molecule has 120 valence electrons. The van der Waals surface area contributed by atoms with Crippen LogP contribution in [0.1, 0.15) is 36.5 Å². The summed E-state index contributed by atoms with van der Waals surface area (Å²) >= 11 is 0. The molecule has 0 aliphatic heterocycles. The third-order valence-corrected chi connectivity index (χ3v) is 4.43. The van der Waals surface area contributed by atoms with Crippen molar-refractivity contribution < 1.29 is 4.79 Å². The first-order chi connectivity index (χ1) is 11.2. The van der Waals surface area contributed by atoms with Crippen LogP contribution in [0.25, 0.3) is 0 Å². The molecule has 3 nitrogen and oxygen atoms in total. The van der Waals surface area contributed by atoms with Gasteiger partial charge in [-0.3, -0.25) is 4.79 Å². The summed E-state index contributed by atoms with van der Waals surface area (Å²) in [6.45, 7) is 2.87. The summed E-state index contributed by atoms with van der Waals surface area (Å²) in [6.07, 6.45) is 3.74. The largest absolute Gasteiger partial charge is 0.399 e. The highest BCUT2D eigenvalue weighted by atomic mass is 16.2. The highest BCUT2D eigenvalue weighted by Crippen LogP contribution is 2.29. The van der Waals surface area contributed by atoms with E-state index >= 15 is 0 Å². The van der Waals surface area contributed by atoms with Gasteiger partial charge in [0.25, 0.3) is 0 Å². The summed E-state index contributed by atoms with van der Waals surface area (Å²) < 4.78 is 0. The Morgan fingerprint density at radius 3 is 2.13 bits per heavy atom. The van der Waals surface area contributed by atoms with Crippen LogP contribution < -0.4 is 5.73 Å². The molecule has 3 rings (SSSR count). The van der Waals surface area contributed by atoms with Crippen LogP contribution in [0, 0.1) is 0 Å². The molecule has 0 bridgehead atoms. The van der Waals surface area contributed by atoms with Crippen molar-refractivity contribution in [2.24, 2.45) is 0 Å². The standard InChI is InChI=1S/C20H24N2O/c1-2-15-3-5-17(6-4-15)14-22(19-11-12-19)20(23)13-16-7-9-18(21)10-8-16/h3-10,19H,2,11-14,21H2,1H3. The van der Waals surface area contributed by atoms with Crippen molar-refractivity contribution in [1.82, 2.24) is 4.90 Å². The Hall–Kier alpha value is -2.29. The number of aryl methyl sites for hydroxylation is 1. The van der Waals surface area contributed by atoms with Gasteiger partial charge in [0.15, 0.2) is 0 Å². The lowest BCUT2D eigenvalue weighted by Crippen LogP contribution is -2.33. The van der Waals surface area contributed by atoms with Gasteiger partial charge in [-0.2, -0.15) is 0 Å². The third kappa shape index (κ3) is 4.13. The number of amides is 1. The third-order valence-electron chi connectivity index (χ3n) is 4.43. The number of carbonyl (C=O) groups is 1. The fourth-order valence-corrected chi connectivity index (χ4v) is 2.80. The number of nitrogen functional groups attached to an aromatic ring is 1. The highest BCUT2D eigenvalue weighted by Gasteiger charge is 2.32. The number of carbonyl (C=O) groups excluding carboxylic acids is 1. The maximum atomic E-state index is 12.7. The molecule has 0 spiro atoms. The minimum Gasteiger partial charge on any atom is -0.399 e. The number of hydrogen-bond acceptors (Lipinski definition) is 2. The lowest BCUT2D eigenvalue weighted by Gasteiger charge is -2.23. The van der Waals surface area contributed by atoms with Crippen LogP contribution in [0.3, 0.4) is 0 Å². The van der Waals surface area contributed by atoms with E-state index in [1.807, 2.05) is 29.2 Å². The molecular formula is C20H24N2O. The maximum absolute atomic E-state index is 12.7. The minimum absolute atomic E-state index is 0.205. The predicted octanol–water partition coefficient (Wildman–Crippen LogP) is 3.56. The Labute approximate surface area is 138 Å². The summed E-state index contributed by atoms with van der Waals surface area (Å²) in [7, 11) is 0. The lowest BCUT2D eigenvalue weighted by molar-refractivity contribution is -0.131. The molecule has 23 heavy (non-hydrogen) atoms. The van der Waals surface area contributed by atoms with Crippen molar-refractivity contribution in [2.45, 2.75) is 45.2 Å². The van der Waals surface area contributed by atoms with Gasteiger partial charge in [0.2, 0.25) is 5.91 Å². The average molecular weight is 308 g/mol. The molecular weight excluding hydrogens is 284 g/mol. The van der Waals surface area contributed by atoms with Crippen LogP contribution in [0.5, 0.6) is 0 Å².